The first-order valence-electron chi connectivity index (χ1n) is 46.8. The predicted molar refractivity (Wildman–Crippen MR) is 500 cm³/mol. The maximum atomic E-state index is 14.8. The van der Waals surface area contributed by atoms with E-state index in [1.807, 2.05) is 75.9 Å². The molecule has 42 heteroatoms. The van der Waals surface area contributed by atoms with Gasteiger partial charge in [0.25, 0.3) is 0 Å². The van der Waals surface area contributed by atoms with Crippen molar-refractivity contribution in [3.63, 3.8) is 0 Å². The minimum Gasteiger partial charge on any atom is -0.491 e. The van der Waals surface area contributed by atoms with Crippen molar-refractivity contribution in [2.45, 2.75) is 231 Å². The molecule has 6 aliphatic carbocycles. The third-order valence-corrected chi connectivity index (χ3v) is 29.7. The zero-order valence-corrected chi connectivity index (χ0v) is 81.3. The lowest BCUT2D eigenvalue weighted by atomic mass is 9.85. The lowest BCUT2D eigenvalue weighted by Gasteiger charge is -2.35. The molecule has 4 unspecified atom stereocenters. The number of carbonyl (C=O) groups is 8. The molecule has 32 nitrogen and oxygen atoms in total. The van der Waals surface area contributed by atoms with Gasteiger partial charge < -0.3 is 80.3 Å². The summed E-state index contributed by atoms with van der Waals surface area (Å²) in [6.07, 6.45) is -4.15. The highest BCUT2D eigenvalue weighted by Gasteiger charge is 2.64. The number of thiazole rings is 2. The van der Waals surface area contributed by atoms with Crippen LogP contribution in [0, 0.1) is 46.3 Å². The van der Waals surface area contributed by atoms with Gasteiger partial charge in [-0.2, -0.15) is 26.3 Å². The van der Waals surface area contributed by atoms with Gasteiger partial charge in [-0.25, -0.2) is 39.1 Å². The number of amides is 6. The van der Waals surface area contributed by atoms with Crippen LogP contribution in [0.3, 0.4) is 0 Å². The van der Waals surface area contributed by atoms with E-state index in [2.05, 4.69) is 38.5 Å². The summed E-state index contributed by atoms with van der Waals surface area (Å²) in [6, 6.07) is 5.94. The highest BCUT2D eigenvalue weighted by Crippen LogP contribution is 2.55. The standard InChI is InChI=1S/C47H62ClF3N8O8S.C47H60ClF3N8O8S/c2*1-7-28-21-46(28,42(62)63)56-40(60)34-19-30(22-59(34)41(61)39(45(4,5)6)55-44(64)67-29-17-26-16-27(26)18-29)66-36-20-32(33-23-68-43(54-33)52-25(2)3)53-38-31(36)8-9-35(37(38)48)65-15-14-57-10-12-58(13-11-57)24-47(49,50)51/h8-9,20,23,25-30,34,39H,7,10-19,21-22,24H2,1-6H3,(H,52,54)(H,55,64)(H,56,60)(H,62,63);7-9,20,23,25-30,34,39H,1,10-19,21-22,24H2,2-6H3,(H,52,54)(H,55,64)(H,56,60)(H,62,63)/t2*26-,27+,28-,29?,30-,34+,39-,46?/m11/s1. The van der Waals surface area contributed by atoms with Gasteiger partial charge in [-0.1, -0.05) is 84.2 Å². The molecule has 8 N–H and O–H groups in total. The van der Waals surface area contributed by atoms with Crippen molar-refractivity contribution in [1.82, 2.24) is 70.6 Å². The van der Waals surface area contributed by atoms with Crippen LogP contribution in [-0.4, -0.2) is 296 Å². The number of fused-ring (bicyclic) bond motifs is 4. The SMILES string of the molecule is C=C[C@@H]1CC1(NC(=O)[C@@H]1C[C@@H](Oc2cc(-c3csc(NC(C)C)n3)nc3c(Cl)c(OCCN4CCN(CC(F)(F)F)CC4)ccc23)CN1C(=O)[C@@H](NC(=O)OC1C[C@@H]2C[C@@H]2C1)C(C)(C)C)C(=O)O.CC[C@@H]1CC1(NC(=O)[C@@H]1C[C@@H](Oc2cc(-c3csc(NC(C)C)n3)nc3c(Cl)c(OCCN4CCN(CC(F)(F)F)CC4)ccc23)CN1C(=O)[C@@H](NC(=O)OC1C[C@@H]2C[C@@H]2C1)C(C)(C)C)C(=O)O. The Balaban J connectivity index is 0.000000207. The van der Waals surface area contributed by atoms with Crippen LogP contribution in [-0.2, 0) is 38.2 Å². The molecule has 742 valence electrons. The number of pyridine rings is 2. The average molecular weight is 1980 g/mol. The number of nitrogens with one attached hydrogen (secondary N) is 6. The number of hydrogen-bond donors (Lipinski definition) is 8. The Morgan fingerprint density at radius 2 is 0.904 bits per heavy atom. The van der Waals surface area contributed by atoms with E-state index in [9.17, 15) is 74.9 Å². The van der Waals surface area contributed by atoms with Gasteiger partial charge >= 0.3 is 36.5 Å². The number of benzene rings is 2. The fourth-order valence-electron chi connectivity index (χ4n) is 19.7. The monoisotopic (exact) mass is 1980 g/mol. The molecule has 6 saturated carbocycles. The molecule has 0 bridgehead atoms. The third-order valence-electron chi connectivity index (χ3n) is 27.5. The number of piperazine rings is 2. The lowest BCUT2D eigenvalue weighted by molar-refractivity contribution is -0.150. The minimum absolute atomic E-state index is 0.00603. The van der Waals surface area contributed by atoms with E-state index in [0.717, 1.165) is 38.5 Å². The Hall–Kier alpha value is -9.58. The number of aromatic nitrogens is 4. The first kappa shape index (κ1) is 101. The number of alkyl carbamates (subject to hydrolysis) is 2. The van der Waals surface area contributed by atoms with Gasteiger partial charge in [0.15, 0.2) is 10.3 Å². The van der Waals surface area contributed by atoms with Gasteiger partial charge in [0.1, 0.15) is 117 Å². The summed E-state index contributed by atoms with van der Waals surface area (Å²) in [5.74, 6) is -1.95. The Morgan fingerprint density at radius 3 is 1.24 bits per heavy atom. The van der Waals surface area contributed by atoms with Gasteiger partial charge in [-0.15, -0.1) is 29.3 Å². The van der Waals surface area contributed by atoms with Crippen LogP contribution in [0.5, 0.6) is 23.0 Å². The van der Waals surface area contributed by atoms with Crippen LogP contribution in [0.15, 0.2) is 59.8 Å². The smallest absolute Gasteiger partial charge is 0.408 e. The van der Waals surface area contributed by atoms with E-state index in [0.29, 0.717) is 160 Å². The second kappa shape index (κ2) is 40.7. The number of ether oxygens (including phenoxy) is 6. The second-order valence-corrected chi connectivity index (χ2v) is 43.1. The Kier molecular flexibility index (Phi) is 30.2. The summed E-state index contributed by atoms with van der Waals surface area (Å²) in [5, 5.41) is 44.6. The van der Waals surface area contributed by atoms with Crippen molar-refractivity contribution in [2.24, 2.45) is 46.3 Å². The quantitative estimate of drug-likeness (QED) is 0.0137. The maximum Gasteiger partial charge on any atom is 0.408 e. The topological polar surface area (TPSA) is 376 Å². The summed E-state index contributed by atoms with van der Waals surface area (Å²) >= 11 is 17.0. The second-order valence-electron chi connectivity index (χ2n) is 40.6. The van der Waals surface area contributed by atoms with E-state index in [4.69, 9.17) is 71.6 Å². The highest BCUT2D eigenvalue weighted by atomic mass is 35.5. The molecular formula is C94H122Cl2F6N16O16S2. The first-order chi connectivity index (χ1) is 64.2. The van der Waals surface area contributed by atoms with E-state index >= 15 is 0 Å². The average Bonchev–Trinajstić information content (AvgIpc) is 1.57. The molecular weight excluding hydrogens is 1860 g/mol. The number of anilines is 2. The molecule has 0 radical (unpaired) electrons. The number of nitrogens with zero attached hydrogens (tertiary/aromatic N) is 10. The van der Waals surface area contributed by atoms with Crippen molar-refractivity contribution < 1.29 is 103 Å². The summed E-state index contributed by atoms with van der Waals surface area (Å²) in [5.41, 5.74) is -2.13. The normalized spacial score (nSPS) is 26.6. The summed E-state index contributed by atoms with van der Waals surface area (Å²) in [4.78, 5) is 139. The molecule has 16 atom stereocenters. The molecule has 10 aliphatic rings. The molecule has 10 fully saturated rings. The number of carboxylic acids is 2. The van der Waals surface area contributed by atoms with Crippen molar-refractivity contribution >= 4 is 126 Å². The Bertz CT molecular complexity index is 5420. The zero-order chi connectivity index (χ0) is 97.7. The van der Waals surface area contributed by atoms with Gasteiger partial charge in [0.05, 0.1) is 48.6 Å². The number of hydrogen-bond acceptors (Lipinski definition) is 26. The fourth-order valence-corrected chi connectivity index (χ4v) is 21.9. The lowest BCUT2D eigenvalue weighted by Crippen LogP contribution is -2.59. The molecule has 4 saturated heterocycles. The minimum atomic E-state index is -4.25. The number of aliphatic carboxylic acids is 2. The number of alkyl halides is 6. The van der Waals surface area contributed by atoms with Crippen molar-refractivity contribution in [1.29, 1.82) is 0 Å². The number of likely N-dealkylation sites (tertiary alicyclic amines) is 2. The van der Waals surface area contributed by atoms with Gasteiger partial charge in [-0.3, -0.25) is 38.8 Å². The third kappa shape index (κ3) is 24.1. The molecule has 6 aromatic rings. The number of carboxylic acid groups (broad SMARTS) is 2. The molecule has 136 heavy (non-hydrogen) atoms. The maximum absolute atomic E-state index is 14.8. The van der Waals surface area contributed by atoms with E-state index < -0.39 is 137 Å². The highest BCUT2D eigenvalue weighted by molar-refractivity contribution is 7.14. The van der Waals surface area contributed by atoms with Crippen molar-refractivity contribution in [3.8, 4) is 45.8 Å². The van der Waals surface area contributed by atoms with Crippen LogP contribution >= 0.6 is 45.9 Å². The zero-order valence-electron chi connectivity index (χ0n) is 78.2. The molecule has 4 aromatic heterocycles. The van der Waals surface area contributed by atoms with Crippen LogP contribution in [0.4, 0.5) is 46.2 Å². The number of carbonyl (C=O) groups excluding carboxylic acids is 6. The fraction of sp³-hybridized carbons (Fsp3) is 0.638. The van der Waals surface area contributed by atoms with E-state index in [1.165, 1.54) is 48.3 Å². The van der Waals surface area contributed by atoms with Crippen molar-refractivity contribution in [2.75, 3.05) is 115 Å². The van der Waals surface area contributed by atoms with Crippen molar-refractivity contribution in [3.05, 3.63) is 69.9 Å². The number of rotatable bonds is 34. The summed E-state index contributed by atoms with van der Waals surface area (Å²) < 4.78 is 115. The molecule has 6 amide bonds. The predicted octanol–water partition coefficient (Wildman–Crippen LogP) is 13.9. The molecule has 2 aromatic carbocycles. The molecule has 0 spiro atoms. The summed E-state index contributed by atoms with van der Waals surface area (Å²) in [7, 11) is 0. The Morgan fingerprint density at radius 1 is 0.522 bits per heavy atom. The van der Waals surface area contributed by atoms with Crippen LogP contribution in [0.25, 0.3) is 44.6 Å². The molecule has 16 rings (SSSR count). The van der Waals surface area contributed by atoms with Gasteiger partial charge in [0.2, 0.25) is 23.6 Å². The molecule has 8 heterocycles. The Labute approximate surface area is 803 Å². The van der Waals surface area contributed by atoms with Crippen LogP contribution < -0.4 is 50.8 Å². The van der Waals surface area contributed by atoms with Gasteiger partial charge in [-0.05, 0) is 144 Å². The van der Waals surface area contributed by atoms with E-state index in [1.54, 1.807) is 57.2 Å². The molecule has 4 aliphatic heterocycles. The van der Waals surface area contributed by atoms with E-state index in [-0.39, 0.29) is 105 Å². The first-order valence-corrected chi connectivity index (χ1v) is 49.3. The van der Waals surface area contributed by atoms with Gasteiger partial charge in [0, 0.05) is 130 Å². The largest absolute Gasteiger partial charge is 0.491 e. The van der Waals surface area contributed by atoms with Crippen LogP contribution in [0.1, 0.15) is 147 Å². The van der Waals surface area contributed by atoms with Crippen LogP contribution in [0.2, 0.25) is 10.0 Å². The number of halogens is 8. The summed E-state index contributed by atoms with van der Waals surface area (Å²) in [6.45, 7) is 26.7.